The maximum atomic E-state index is 13.0. The Hall–Kier alpha value is -1.36. The monoisotopic (exact) mass is 312 g/mol. The van der Waals surface area contributed by atoms with Crippen LogP contribution in [0.15, 0.2) is 42.6 Å². The second-order valence-corrected chi connectivity index (χ2v) is 6.13. The maximum Gasteiger partial charge on any atom is 0.123 e. The lowest BCUT2D eigenvalue weighted by Crippen LogP contribution is -1.98. The summed E-state index contributed by atoms with van der Waals surface area (Å²) in [6.07, 6.45) is 1.67. The van der Waals surface area contributed by atoms with E-state index in [0.717, 1.165) is 16.9 Å². The van der Waals surface area contributed by atoms with Gasteiger partial charge in [0.2, 0.25) is 0 Å². The van der Waals surface area contributed by atoms with Crippen LogP contribution in [0, 0.1) is 5.82 Å². The van der Waals surface area contributed by atoms with Crippen molar-refractivity contribution in [2.24, 2.45) is 0 Å². The average molecular weight is 313 g/mol. The number of benzene rings is 1. The van der Waals surface area contributed by atoms with Gasteiger partial charge in [0.1, 0.15) is 10.2 Å². The molecule has 2 nitrogen and oxygen atoms in total. The molecule has 2 aromatic heterocycles. The lowest BCUT2D eigenvalue weighted by atomic mass is 10.2. The zero-order valence-corrected chi connectivity index (χ0v) is 11.8. The number of thiophene rings is 1. The molecule has 0 radical (unpaired) electrons. The van der Waals surface area contributed by atoms with E-state index in [4.69, 9.17) is 23.2 Å². The highest BCUT2D eigenvalue weighted by Crippen LogP contribution is 2.38. The van der Waals surface area contributed by atoms with Crippen molar-refractivity contribution in [3.63, 3.8) is 0 Å². The van der Waals surface area contributed by atoms with Crippen molar-refractivity contribution >= 4 is 34.5 Å². The number of hydrogen-bond acceptors (Lipinski definition) is 2. The third-order valence-electron chi connectivity index (χ3n) is 2.65. The highest BCUT2D eigenvalue weighted by Gasteiger charge is 2.13. The van der Waals surface area contributed by atoms with Gasteiger partial charge >= 0.3 is 0 Å². The second-order valence-electron chi connectivity index (χ2n) is 3.84. The third-order valence-corrected chi connectivity index (χ3v) is 4.13. The molecule has 3 aromatic rings. The van der Waals surface area contributed by atoms with E-state index < -0.39 is 0 Å². The number of hydrogen-bond donors (Lipinski definition) is 0. The van der Waals surface area contributed by atoms with Crippen LogP contribution in [0.1, 0.15) is 0 Å². The lowest BCUT2D eigenvalue weighted by Gasteiger charge is -2.06. The minimum absolute atomic E-state index is 0.283. The summed E-state index contributed by atoms with van der Waals surface area (Å²) in [5.74, 6) is -0.283. The molecule has 0 aliphatic carbocycles. The summed E-state index contributed by atoms with van der Waals surface area (Å²) in [4.78, 5) is 0. The van der Waals surface area contributed by atoms with Crippen LogP contribution in [0.25, 0.3) is 16.9 Å². The summed E-state index contributed by atoms with van der Waals surface area (Å²) in [6.45, 7) is 0. The van der Waals surface area contributed by atoms with Crippen LogP contribution in [-0.4, -0.2) is 9.78 Å². The van der Waals surface area contributed by atoms with Gasteiger partial charge in [-0.25, -0.2) is 9.07 Å². The lowest BCUT2D eigenvalue weighted by molar-refractivity contribution is 0.627. The maximum absolute atomic E-state index is 13.0. The molecule has 0 saturated heterocycles. The molecule has 0 N–H and O–H groups in total. The smallest absolute Gasteiger partial charge is 0.123 e. The van der Waals surface area contributed by atoms with Gasteiger partial charge in [-0.15, -0.1) is 11.3 Å². The van der Waals surface area contributed by atoms with Crippen molar-refractivity contribution < 1.29 is 4.39 Å². The molecule has 0 spiro atoms. The Labute approximate surface area is 123 Å². The SMILES string of the molecule is Fc1ccc(-n2nccc2-c2cc(Cl)sc2Cl)cc1. The normalized spacial score (nSPS) is 10.9. The molecule has 0 amide bonds. The van der Waals surface area contributed by atoms with Crippen molar-refractivity contribution in [3.8, 4) is 16.9 Å². The first-order chi connectivity index (χ1) is 9.15. The van der Waals surface area contributed by atoms with Gasteiger partial charge in [0.05, 0.1) is 21.9 Å². The van der Waals surface area contributed by atoms with Gasteiger partial charge in [0, 0.05) is 5.56 Å². The summed E-state index contributed by atoms with van der Waals surface area (Å²) in [7, 11) is 0. The topological polar surface area (TPSA) is 17.8 Å². The first-order valence-electron chi connectivity index (χ1n) is 5.40. The predicted molar refractivity (Wildman–Crippen MR) is 76.9 cm³/mol. The molecule has 96 valence electrons. The molecule has 0 fully saturated rings. The first-order valence-corrected chi connectivity index (χ1v) is 6.97. The van der Waals surface area contributed by atoms with Crippen LogP contribution < -0.4 is 0 Å². The van der Waals surface area contributed by atoms with E-state index in [9.17, 15) is 4.39 Å². The minimum atomic E-state index is -0.283. The molecule has 6 heteroatoms. The van der Waals surface area contributed by atoms with E-state index in [1.165, 1.54) is 23.5 Å². The Morgan fingerprint density at radius 1 is 1.11 bits per heavy atom. The Morgan fingerprint density at radius 2 is 1.84 bits per heavy atom. The minimum Gasteiger partial charge on any atom is -0.233 e. The second kappa shape index (κ2) is 4.96. The fourth-order valence-corrected chi connectivity index (χ4v) is 3.29. The Kier molecular flexibility index (Phi) is 3.31. The molecule has 2 heterocycles. The molecular weight excluding hydrogens is 306 g/mol. The Balaban J connectivity index is 2.13. The molecule has 0 saturated carbocycles. The van der Waals surface area contributed by atoms with Crippen molar-refractivity contribution in [3.05, 3.63) is 57.1 Å². The van der Waals surface area contributed by atoms with E-state index >= 15 is 0 Å². The van der Waals surface area contributed by atoms with Crippen molar-refractivity contribution in [1.82, 2.24) is 9.78 Å². The number of halogens is 3. The van der Waals surface area contributed by atoms with Crippen LogP contribution in [0.3, 0.4) is 0 Å². The van der Waals surface area contributed by atoms with Gasteiger partial charge in [-0.1, -0.05) is 23.2 Å². The molecular formula is C13H7Cl2FN2S. The molecule has 3 rings (SSSR count). The number of nitrogens with zero attached hydrogens (tertiary/aromatic N) is 2. The van der Waals surface area contributed by atoms with Crippen LogP contribution in [0.5, 0.6) is 0 Å². The molecule has 19 heavy (non-hydrogen) atoms. The Morgan fingerprint density at radius 3 is 2.47 bits per heavy atom. The van der Waals surface area contributed by atoms with Gasteiger partial charge in [-0.2, -0.15) is 5.10 Å². The predicted octanol–water partition coefficient (Wildman–Crippen LogP) is 5.05. The van der Waals surface area contributed by atoms with Gasteiger partial charge in [0.25, 0.3) is 0 Å². The number of rotatable bonds is 2. The third kappa shape index (κ3) is 2.39. The molecule has 1 aromatic carbocycles. The summed E-state index contributed by atoms with van der Waals surface area (Å²) in [6, 6.07) is 9.74. The summed E-state index contributed by atoms with van der Waals surface area (Å²) >= 11 is 13.4. The van der Waals surface area contributed by atoms with Gasteiger partial charge in [-0.3, -0.25) is 0 Å². The van der Waals surface area contributed by atoms with Crippen LogP contribution in [0.2, 0.25) is 8.67 Å². The Bertz CT molecular complexity index is 719. The largest absolute Gasteiger partial charge is 0.233 e. The molecule has 0 aliphatic rings. The van der Waals surface area contributed by atoms with E-state index in [-0.39, 0.29) is 5.82 Å². The highest BCUT2D eigenvalue weighted by molar-refractivity contribution is 7.20. The zero-order chi connectivity index (χ0) is 13.4. The van der Waals surface area contributed by atoms with Gasteiger partial charge in [-0.05, 0) is 36.4 Å². The molecule has 0 aliphatic heterocycles. The highest BCUT2D eigenvalue weighted by atomic mass is 35.5. The summed E-state index contributed by atoms with van der Waals surface area (Å²) < 4.78 is 15.9. The van der Waals surface area contributed by atoms with E-state index in [2.05, 4.69) is 5.10 Å². The van der Waals surface area contributed by atoms with Crippen LogP contribution in [0.4, 0.5) is 4.39 Å². The van der Waals surface area contributed by atoms with E-state index in [1.54, 1.807) is 29.1 Å². The van der Waals surface area contributed by atoms with E-state index in [1.807, 2.05) is 6.07 Å². The van der Waals surface area contributed by atoms with Crippen molar-refractivity contribution in [1.29, 1.82) is 0 Å². The number of aromatic nitrogens is 2. The van der Waals surface area contributed by atoms with Crippen LogP contribution in [-0.2, 0) is 0 Å². The summed E-state index contributed by atoms with van der Waals surface area (Å²) in [5.41, 5.74) is 2.40. The molecule has 0 unspecified atom stereocenters. The van der Waals surface area contributed by atoms with Crippen molar-refractivity contribution in [2.45, 2.75) is 0 Å². The quantitative estimate of drug-likeness (QED) is 0.647. The zero-order valence-electron chi connectivity index (χ0n) is 9.48. The first kappa shape index (κ1) is 12.7. The fraction of sp³-hybridized carbons (Fsp3) is 0. The van der Waals surface area contributed by atoms with Crippen molar-refractivity contribution in [2.75, 3.05) is 0 Å². The summed E-state index contributed by atoms with van der Waals surface area (Å²) in [5, 5.41) is 4.24. The fourth-order valence-electron chi connectivity index (χ4n) is 1.81. The van der Waals surface area contributed by atoms with Crippen LogP contribution >= 0.6 is 34.5 Å². The standard InChI is InChI=1S/C13H7Cl2FN2S/c14-12-7-10(13(15)19-12)11-5-6-17-18(11)9-3-1-8(16)2-4-9/h1-7H. The van der Waals surface area contributed by atoms with Gasteiger partial charge in [0.15, 0.2) is 0 Å². The van der Waals surface area contributed by atoms with E-state index in [0.29, 0.717) is 8.67 Å². The van der Waals surface area contributed by atoms with Gasteiger partial charge < -0.3 is 0 Å². The average Bonchev–Trinajstić information content (AvgIpc) is 2.96. The molecule has 0 atom stereocenters. The molecule has 0 bridgehead atoms.